The van der Waals surface area contributed by atoms with E-state index in [1.807, 2.05) is 0 Å². The summed E-state index contributed by atoms with van der Waals surface area (Å²) in [7, 11) is -1.89. The molecule has 1 aromatic rings. The number of aromatic nitrogens is 1. The molecule has 0 amide bonds. The molecule has 78 valence electrons. The summed E-state index contributed by atoms with van der Waals surface area (Å²) in [6.45, 7) is 2.18. The molecule has 0 aliphatic heterocycles. The molecule has 0 aromatic carbocycles. The van der Waals surface area contributed by atoms with Crippen molar-refractivity contribution in [3.63, 3.8) is 0 Å². The first-order chi connectivity index (χ1) is 6.48. The largest absolute Gasteiger partial charge is 0.244 e. The van der Waals surface area contributed by atoms with E-state index < -0.39 is 10.0 Å². The third-order valence-electron chi connectivity index (χ3n) is 1.85. The van der Waals surface area contributed by atoms with Crippen LogP contribution in [-0.2, 0) is 10.0 Å². The van der Waals surface area contributed by atoms with E-state index in [9.17, 15) is 8.42 Å². The van der Waals surface area contributed by atoms with E-state index in [0.29, 0.717) is 6.54 Å². The zero-order chi connectivity index (χ0) is 10.8. The molecule has 0 atom stereocenters. The number of nitrogens with zero attached hydrogens (tertiary/aromatic N) is 2. The predicted octanol–water partition coefficient (Wildman–Crippen LogP) is 1.38. The molecule has 0 aliphatic rings. The molecule has 0 fully saturated rings. The highest BCUT2D eigenvalue weighted by molar-refractivity contribution is 7.89. The van der Waals surface area contributed by atoms with Crippen LogP contribution < -0.4 is 0 Å². The zero-order valence-corrected chi connectivity index (χ0v) is 9.51. The van der Waals surface area contributed by atoms with Crippen molar-refractivity contribution in [3.8, 4) is 0 Å². The Labute approximate surface area is 88.6 Å². The van der Waals surface area contributed by atoms with Crippen LogP contribution in [0.25, 0.3) is 0 Å². The van der Waals surface area contributed by atoms with Gasteiger partial charge < -0.3 is 0 Å². The van der Waals surface area contributed by atoms with Gasteiger partial charge in [0.15, 0.2) is 0 Å². The topological polar surface area (TPSA) is 50.3 Å². The molecule has 0 spiro atoms. The molecule has 0 saturated carbocycles. The van der Waals surface area contributed by atoms with Crippen LogP contribution in [0.5, 0.6) is 0 Å². The summed E-state index contributed by atoms with van der Waals surface area (Å²) in [5, 5.41) is 0.176. The van der Waals surface area contributed by atoms with Crippen LogP contribution in [0.15, 0.2) is 23.2 Å². The molecule has 4 nitrogen and oxygen atoms in total. The van der Waals surface area contributed by atoms with Gasteiger partial charge in [0.05, 0.1) is 4.90 Å². The molecular weight excluding hydrogens is 224 g/mol. The maximum absolute atomic E-state index is 11.8. The van der Waals surface area contributed by atoms with Crippen molar-refractivity contribution >= 4 is 21.6 Å². The molecule has 0 aliphatic carbocycles. The number of hydrogen-bond acceptors (Lipinski definition) is 3. The second-order valence-electron chi connectivity index (χ2n) is 2.73. The Hall–Kier alpha value is -0.650. The number of sulfonamides is 1. The van der Waals surface area contributed by atoms with E-state index in [1.165, 1.54) is 29.7 Å². The van der Waals surface area contributed by atoms with Crippen LogP contribution in [0.4, 0.5) is 0 Å². The van der Waals surface area contributed by atoms with Gasteiger partial charge in [-0.3, -0.25) is 0 Å². The van der Waals surface area contributed by atoms with Crippen molar-refractivity contribution in [2.24, 2.45) is 0 Å². The Morgan fingerprint density at radius 2 is 2.21 bits per heavy atom. The molecule has 0 unspecified atom stereocenters. The Bertz CT molecular complexity index is 419. The minimum atomic E-state index is -3.40. The van der Waals surface area contributed by atoms with Gasteiger partial charge in [-0.1, -0.05) is 18.5 Å². The highest BCUT2D eigenvalue weighted by atomic mass is 35.5. The molecule has 14 heavy (non-hydrogen) atoms. The molecule has 0 N–H and O–H groups in total. The van der Waals surface area contributed by atoms with Crippen molar-refractivity contribution < 1.29 is 8.42 Å². The number of halogens is 1. The second-order valence-corrected chi connectivity index (χ2v) is 5.17. The lowest BCUT2D eigenvalue weighted by Gasteiger charge is -2.14. The van der Waals surface area contributed by atoms with E-state index in [2.05, 4.69) is 4.98 Å². The van der Waals surface area contributed by atoms with Crippen molar-refractivity contribution in [3.05, 3.63) is 23.5 Å². The van der Waals surface area contributed by atoms with Crippen molar-refractivity contribution in [2.75, 3.05) is 13.6 Å². The van der Waals surface area contributed by atoms with Crippen LogP contribution in [0.1, 0.15) is 6.92 Å². The summed E-state index contributed by atoms with van der Waals surface area (Å²) in [5.74, 6) is 0. The number of hydrogen-bond donors (Lipinski definition) is 0. The van der Waals surface area contributed by atoms with Crippen molar-refractivity contribution in [1.29, 1.82) is 0 Å². The Balaban J connectivity index is 3.17. The van der Waals surface area contributed by atoms with Crippen LogP contribution in [0, 0.1) is 0 Å². The highest BCUT2D eigenvalue weighted by Gasteiger charge is 2.19. The lowest BCUT2D eigenvalue weighted by atomic mass is 10.5. The molecule has 1 rings (SSSR count). The van der Waals surface area contributed by atoms with Gasteiger partial charge in [-0.15, -0.1) is 0 Å². The maximum Gasteiger partial charge on any atom is 0.242 e. The monoisotopic (exact) mass is 234 g/mol. The normalized spacial score (nSPS) is 12.0. The SMILES string of the molecule is CCN(C)S(=O)(=O)c1ccnc(Cl)c1. The van der Waals surface area contributed by atoms with E-state index in [0.717, 1.165) is 0 Å². The third-order valence-corrected chi connectivity index (χ3v) is 3.99. The van der Waals surface area contributed by atoms with Crippen LogP contribution in [0.2, 0.25) is 5.15 Å². The first-order valence-electron chi connectivity index (χ1n) is 4.06. The summed E-state index contributed by atoms with van der Waals surface area (Å²) >= 11 is 5.60. The lowest BCUT2D eigenvalue weighted by Crippen LogP contribution is -2.26. The molecular formula is C8H11ClN2O2S. The van der Waals surface area contributed by atoms with Gasteiger partial charge in [-0.25, -0.2) is 17.7 Å². The third kappa shape index (κ3) is 2.23. The molecule has 0 bridgehead atoms. The first kappa shape index (κ1) is 11.4. The quantitative estimate of drug-likeness (QED) is 0.743. The Morgan fingerprint density at radius 1 is 1.57 bits per heavy atom. The second kappa shape index (κ2) is 4.25. The van der Waals surface area contributed by atoms with E-state index in [4.69, 9.17) is 11.6 Å². The van der Waals surface area contributed by atoms with Crippen LogP contribution in [-0.4, -0.2) is 31.3 Å². The average Bonchev–Trinajstić information content (AvgIpc) is 2.16. The maximum atomic E-state index is 11.8. The van der Waals surface area contributed by atoms with E-state index in [-0.39, 0.29) is 10.0 Å². The summed E-state index contributed by atoms with van der Waals surface area (Å²) < 4.78 is 24.8. The molecule has 0 saturated heterocycles. The molecule has 0 radical (unpaired) electrons. The fourth-order valence-electron chi connectivity index (χ4n) is 0.895. The van der Waals surface area contributed by atoms with Gasteiger partial charge in [0.1, 0.15) is 5.15 Å². The van der Waals surface area contributed by atoms with Gasteiger partial charge in [0, 0.05) is 19.8 Å². The summed E-state index contributed by atoms with van der Waals surface area (Å²) in [6, 6.07) is 2.76. The lowest BCUT2D eigenvalue weighted by molar-refractivity contribution is 0.486. The summed E-state index contributed by atoms with van der Waals surface area (Å²) in [5.41, 5.74) is 0. The first-order valence-corrected chi connectivity index (χ1v) is 5.88. The fourth-order valence-corrected chi connectivity index (χ4v) is 2.33. The van der Waals surface area contributed by atoms with Gasteiger partial charge >= 0.3 is 0 Å². The van der Waals surface area contributed by atoms with Gasteiger partial charge in [-0.2, -0.15) is 0 Å². The number of rotatable bonds is 3. The van der Waals surface area contributed by atoms with Gasteiger partial charge in [-0.05, 0) is 12.1 Å². The van der Waals surface area contributed by atoms with Crippen molar-refractivity contribution in [2.45, 2.75) is 11.8 Å². The van der Waals surface area contributed by atoms with Gasteiger partial charge in [0.2, 0.25) is 10.0 Å². The zero-order valence-electron chi connectivity index (χ0n) is 7.94. The average molecular weight is 235 g/mol. The smallest absolute Gasteiger partial charge is 0.242 e. The molecule has 6 heteroatoms. The standard InChI is InChI=1S/C8H11ClN2O2S/c1-3-11(2)14(12,13)7-4-5-10-8(9)6-7/h4-6H,3H2,1-2H3. The minimum Gasteiger partial charge on any atom is -0.244 e. The minimum absolute atomic E-state index is 0.168. The highest BCUT2D eigenvalue weighted by Crippen LogP contribution is 2.16. The van der Waals surface area contributed by atoms with Crippen LogP contribution in [0.3, 0.4) is 0 Å². The molecule has 1 aromatic heterocycles. The van der Waals surface area contributed by atoms with E-state index in [1.54, 1.807) is 6.92 Å². The van der Waals surface area contributed by atoms with Crippen LogP contribution >= 0.6 is 11.6 Å². The number of pyridine rings is 1. The van der Waals surface area contributed by atoms with Crippen molar-refractivity contribution in [1.82, 2.24) is 9.29 Å². The van der Waals surface area contributed by atoms with E-state index >= 15 is 0 Å². The molecule has 1 heterocycles. The predicted molar refractivity (Wildman–Crippen MR) is 54.7 cm³/mol. The summed E-state index contributed by atoms with van der Waals surface area (Å²) in [4.78, 5) is 3.89. The summed E-state index contributed by atoms with van der Waals surface area (Å²) in [6.07, 6.45) is 1.37. The fraction of sp³-hybridized carbons (Fsp3) is 0.375. The van der Waals surface area contributed by atoms with Gasteiger partial charge in [0.25, 0.3) is 0 Å². The Kier molecular flexibility index (Phi) is 3.47. The Morgan fingerprint density at radius 3 is 2.71 bits per heavy atom.